The van der Waals surface area contributed by atoms with Crippen LogP contribution in [0.3, 0.4) is 0 Å². The van der Waals surface area contributed by atoms with E-state index in [-0.39, 0.29) is 21.8 Å². The molecule has 4 aromatic rings. The molecule has 0 spiro atoms. The minimum Gasteiger partial charge on any atom is -0.438 e. The summed E-state index contributed by atoms with van der Waals surface area (Å²) in [5.41, 5.74) is 0.665. The van der Waals surface area contributed by atoms with Gasteiger partial charge < -0.3 is 14.3 Å². The van der Waals surface area contributed by atoms with Crippen LogP contribution in [0.5, 0.6) is 0 Å². The normalized spacial score (nSPS) is 11.4. The van der Waals surface area contributed by atoms with Gasteiger partial charge in [-0.05, 0) is 43.3 Å². The van der Waals surface area contributed by atoms with Crippen LogP contribution >= 0.6 is 0 Å². The molecular weight excluding hydrogens is 408 g/mol. The SMILES string of the molecule is Cc1cc(NS(=O)(=O)c2ccc(NC(=O)c3cc4ccccc4oc3=N)cc2)no1. The standard InChI is InChI=1S/C20H16N4O5S/c1-12-10-18(23-29-12)24-30(26,27)15-8-6-14(7-9-15)22-20(25)16-11-13-4-2-3-5-17(13)28-19(16)21/h2-11,21H,1H3,(H,22,25)(H,23,24). The Morgan fingerprint density at radius 3 is 2.50 bits per heavy atom. The Kier molecular flexibility index (Phi) is 4.84. The third-order valence-corrected chi connectivity index (χ3v) is 5.58. The first kappa shape index (κ1) is 19.4. The van der Waals surface area contributed by atoms with E-state index in [0.29, 0.717) is 22.4 Å². The maximum absolute atomic E-state index is 12.6. The van der Waals surface area contributed by atoms with Gasteiger partial charge in [-0.25, -0.2) is 8.42 Å². The quantitative estimate of drug-likeness (QED) is 0.449. The number of anilines is 2. The largest absolute Gasteiger partial charge is 0.438 e. The summed E-state index contributed by atoms with van der Waals surface area (Å²) in [7, 11) is -3.86. The number of carbonyl (C=O) groups is 1. The van der Waals surface area contributed by atoms with Crippen LogP contribution in [0.15, 0.2) is 74.5 Å². The average molecular weight is 424 g/mol. The van der Waals surface area contributed by atoms with Crippen molar-refractivity contribution in [1.82, 2.24) is 5.16 Å². The van der Waals surface area contributed by atoms with Gasteiger partial charge in [0.2, 0.25) is 5.55 Å². The number of amides is 1. The van der Waals surface area contributed by atoms with Gasteiger partial charge in [0.25, 0.3) is 15.9 Å². The first-order chi connectivity index (χ1) is 14.3. The number of carbonyl (C=O) groups excluding carboxylic acids is 1. The third kappa shape index (κ3) is 3.94. The topological polar surface area (TPSA) is 138 Å². The Morgan fingerprint density at radius 2 is 1.80 bits per heavy atom. The van der Waals surface area contributed by atoms with Gasteiger partial charge in [-0.3, -0.25) is 14.9 Å². The molecule has 3 N–H and O–H groups in total. The van der Waals surface area contributed by atoms with Crippen molar-refractivity contribution in [3.8, 4) is 0 Å². The highest BCUT2D eigenvalue weighted by molar-refractivity contribution is 7.92. The van der Waals surface area contributed by atoms with Gasteiger partial charge >= 0.3 is 0 Å². The number of rotatable bonds is 5. The lowest BCUT2D eigenvalue weighted by Crippen LogP contribution is -2.21. The van der Waals surface area contributed by atoms with Gasteiger partial charge in [0, 0.05) is 17.1 Å². The van der Waals surface area contributed by atoms with Crippen molar-refractivity contribution in [1.29, 1.82) is 5.41 Å². The van der Waals surface area contributed by atoms with Crippen LogP contribution in [-0.2, 0) is 10.0 Å². The van der Waals surface area contributed by atoms with Gasteiger partial charge in [0.1, 0.15) is 16.9 Å². The Morgan fingerprint density at radius 1 is 1.07 bits per heavy atom. The minimum atomic E-state index is -3.86. The van der Waals surface area contributed by atoms with Gasteiger partial charge in [-0.1, -0.05) is 23.4 Å². The van der Waals surface area contributed by atoms with Crippen LogP contribution in [0.1, 0.15) is 16.1 Å². The lowest BCUT2D eigenvalue weighted by Gasteiger charge is -2.08. The van der Waals surface area contributed by atoms with E-state index >= 15 is 0 Å². The Hall–Kier alpha value is -3.92. The summed E-state index contributed by atoms with van der Waals surface area (Å²) in [5, 5.41) is 14.9. The molecule has 1 amide bonds. The number of nitrogens with one attached hydrogen (secondary N) is 3. The molecule has 0 bridgehead atoms. The maximum atomic E-state index is 12.6. The average Bonchev–Trinajstić information content (AvgIpc) is 3.11. The van der Waals surface area contributed by atoms with E-state index in [1.165, 1.54) is 30.3 Å². The summed E-state index contributed by atoms with van der Waals surface area (Å²) < 4.78 is 37.4. The van der Waals surface area contributed by atoms with Crippen LogP contribution in [0.25, 0.3) is 11.0 Å². The predicted octanol–water partition coefficient (Wildman–Crippen LogP) is 3.26. The van der Waals surface area contributed by atoms with Crippen molar-refractivity contribution in [3.05, 3.63) is 77.5 Å². The van der Waals surface area contributed by atoms with E-state index in [2.05, 4.69) is 15.2 Å². The summed E-state index contributed by atoms with van der Waals surface area (Å²) in [6.07, 6.45) is 0. The van der Waals surface area contributed by atoms with E-state index in [0.717, 1.165) is 0 Å². The first-order valence-electron chi connectivity index (χ1n) is 8.77. The molecule has 152 valence electrons. The summed E-state index contributed by atoms with van der Waals surface area (Å²) in [4.78, 5) is 12.6. The smallest absolute Gasteiger partial charge is 0.263 e. The molecule has 0 saturated heterocycles. The van der Waals surface area contributed by atoms with E-state index < -0.39 is 15.9 Å². The Bertz CT molecular complexity index is 1410. The zero-order valence-corrected chi connectivity index (χ0v) is 16.5. The predicted molar refractivity (Wildman–Crippen MR) is 109 cm³/mol. The highest BCUT2D eigenvalue weighted by atomic mass is 32.2. The van der Waals surface area contributed by atoms with Gasteiger partial charge in [-0.2, -0.15) is 0 Å². The van der Waals surface area contributed by atoms with E-state index in [9.17, 15) is 13.2 Å². The lowest BCUT2D eigenvalue weighted by atomic mass is 10.1. The fraction of sp³-hybridized carbons (Fsp3) is 0.0500. The second kappa shape index (κ2) is 7.48. The summed E-state index contributed by atoms with van der Waals surface area (Å²) in [6.45, 7) is 1.65. The molecule has 4 rings (SSSR count). The monoisotopic (exact) mass is 424 g/mol. The molecule has 9 nitrogen and oxygen atoms in total. The van der Waals surface area contributed by atoms with E-state index in [4.69, 9.17) is 14.3 Å². The summed E-state index contributed by atoms with van der Waals surface area (Å²) in [6, 6.07) is 15.7. The number of aromatic nitrogens is 1. The fourth-order valence-corrected chi connectivity index (χ4v) is 3.76. The molecule has 0 fully saturated rings. The fourth-order valence-electron chi connectivity index (χ4n) is 2.77. The number of benzene rings is 2. The molecule has 10 heteroatoms. The van der Waals surface area contributed by atoms with Gasteiger partial charge in [-0.15, -0.1) is 0 Å². The molecule has 0 atom stereocenters. The van der Waals surface area contributed by atoms with E-state index in [1.54, 1.807) is 37.3 Å². The van der Waals surface area contributed by atoms with E-state index in [1.807, 2.05) is 0 Å². The number of hydrogen-bond donors (Lipinski definition) is 3. The number of nitrogens with zero attached hydrogens (tertiary/aromatic N) is 1. The first-order valence-corrected chi connectivity index (χ1v) is 10.3. The molecule has 0 aliphatic carbocycles. The second-order valence-corrected chi connectivity index (χ2v) is 8.12. The van der Waals surface area contributed by atoms with Crippen LogP contribution in [0.2, 0.25) is 0 Å². The van der Waals surface area contributed by atoms with Crippen molar-refractivity contribution in [2.45, 2.75) is 11.8 Å². The van der Waals surface area contributed by atoms with Crippen molar-refractivity contribution in [2.75, 3.05) is 10.0 Å². The molecule has 0 aliphatic rings. The number of hydrogen-bond acceptors (Lipinski definition) is 7. The van der Waals surface area contributed by atoms with Crippen molar-refractivity contribution in [3.63, 3.8) is 0 Å². The molecule has 2 aromatic heterocycles. The number of aryl methyl sites for hydroxylation is 1. The van der Waals surface area contributed by atoms with Crippen molar-refractivity contribution < 1.29 is 22.2 Å². The molecule has 30 heavy (non-hydrogen) atoms. The Labute approximate surface area is 170 Å². The lowest BCUT2D eigenvalue weighted by molar-refractivity contribution is 0.102. The molecule has 0 aliphatic heterocycles. The van der Waals surface area contributed by atoms with Gasteiger partial charge in [0.15, 0.2) is 5.82 Å². The third-order valence-electron chi connectivity index (χ3n) is 4.21. The van der Waals surface area contributed by atoms with Crippen LogP contribution in [0, 0.1) is 12.3 Å². The minimum absolute atomic E-state index is 0.0111. The molecule has 0 saturated carbocycles. The van der Waals surface area contributed by atoms with Crippen molar-refractivity contribution in [2.24, 2.45) is 0 Å². The molecule has 0 radical (unpaired) electrons. The highest BCUT2D eigenvalue weighted by Crippen LogP contribution is 2.19. The van der Waals surface area contributed by atoms with Crippen molar-refractivity contribution >= 4 is 38.4 Å². The summed E-state index contributed by atoms with van der Waals surface area (Å²) in [5.74, 6) is 0.00849. The number of fused-ring (bicyclic) bond motifs is 1. The van der Waals surface area contributed by atoms with Crippen LogP contribution in [-0.4, -0.2) is 19.5 Å². The second-order valence-electron chi connectivity index (χ2n) is 6.43. The molecule has 2 aromatic carbocycles. The number of para-hydroxylation sites is 1. The zero-order chi connectivity index (χ0) is 21.3. The molecule has 2 heterocycles. The molecular formula is C20H16N4O5S. The molecule has 0 unspecified atom stereocenters. The Balaban J connectivity index is 1.53. The maximum Gasteiger partial charge on any atom is 0.263 e. The zero-order valence-electron chi connectivity index (χ0n) is 15.7. The number of sulfonamides is 1. The summed E-state index contributed by atoms with van der Waals surface area (Å²) >= 11 is 0. The van der Waals surface area contributed by atoms with Crippen LogP contribution < -0.4 is 15.6 Å². The van der Waals surface area contributed by atoms with Crippen LogP contribution in [0.4, 0.5) is 11.5 Å². The highest BCUT2D eigenvalue weighted by Gasteiger charge is 2.17. The van der Waals surface area contributed by atoms with Gasteiger partial charge in [0.05, 0.1) is 4.90 Å².